The summed E-state index contributed by atoms with van der Waals surface area (Å²) in [6, 6.07) is 9.33. The molecule has 0 fully saturated rings. The molecule has 1 heterocycles. The number of nitrogens with one attached hydrogen (secondary N) is 1. The van der Waals surface area contributed by atoms with Crippen molar-refractivity contribution in [3.63, 3.8) is 0 Å². The Morgan fingerprint density at radius 2 is 2.11 bits per heavy atom. The van der Waals surface area contributed by atoms with Gasteiger partial charge < -0.3 is 5.11 Å². The van der Waals surface area contributed by atoms with Crippen LogP contribution in [0.25, 0.3) is 10.4 Å². The van der Waals surface area contributed by atoms with Crippen LogP contribution in [0.1, 0.15) is 5.56 Å². The van der Waals surface area contributed by atoms with Gasteiger partial charge in [-0.3, -0.25) is 4.72 Å². The van der Waals surface area contributed by atoms with Crippen LogP contribution < -0.4 is 4.72 Å². The third-order valence-electron chi connectivity index (χ3n) is 2.57. The molecule has 6 heteroatoms. The third kappa shape index (κ3) is 3.79. The van der Waals surface area contributed by atoms with Crippen LogP contribution >= 0.6 is 11.3 Å². The minimum absolute atomic E-state index is 0.0722. The molecular formula is C13H15NO3S2. The van der Waals surface area contributed by atoms with Crippen molar-refractivity contribution in [1.29, 1.82) is 0 Å². The van der Waals surface area contributed by atoms with E-state index in [1.165, 1.54) is 0 Å². The topological polar surface area (TPSA) is 66.4 Å². The van der Waals surface area contributed by atoms with Crippen LogP contribution in [-0.2, 0) is 16.4 Å². The molecule has 0 aliphatic carbocycles. The Morgan fingerprint density at radius 3 is 2.68 bits per heavy atom. The fraction of sp³-hybridized carbons (Fsp3) is 0.231. The van der Waals surface area contributed by atoms with Gasteiger partial charge in [-0.2, -0.15) is 0 Å². The predicted octanol–water partition coefficient (Wildman–Crippen LogP) is 2.32. The molecular weight excluding hydrogens is 282 g/mol. The van der Waals surface area contributed by atoms with Crippen molar-refractivity contribution in [2.45, 2.75) is 6.42 Å². The minimum atomic E-state index is -3.31. The molecule has 0 bridgehead atoms. The first-order valence-electron chi connectivity index (χ1n) is 5.75. The van der Waals surface area contributed by atoms with Crippen molar-refractivity contribution >= 4 is 27.0 Å². The molecule has 0 amide bonds. The van der Waals surface area contributed by atoms with Crippen molar-refractivity contribution in [3.05, 3.63) is 41.3 Å². The van der Waals surface area contributed by atoms with Crippen molar-refractivity contribution < 1.29 is 13.5 Å². The molecule has 0 saturated carbocycles. The summed E-state index contributed by atoms with van der Waals surface area (Å²) < 4.78 is 25.3. The first kappa shape index (κ1) is 14.0. The van der Waals surface area contributed by atoms with Gasteiger partial charge in [0, 0.05) is 17.0 Å². The molecule has 2 rings (SSSR count). The smallest absolute Gasteiger partial charge is 0.229 e. The van der Waals surface area contributed by atoms with Crippen molar-refractivity contribution in [2.75, 3.05) is 17.6 Å². The lowest BCUT2D eigenvalue weighted by Gasteiger charge is -2.11. The molecule has 0 aliphatic rings. The zero-order valence-corrected chi connectivity index (χ0v) is 12.1. The van der Waals surface area contributed by atoms with E-state index in [0.717, 1.165) is 22.3 Å². The standard InChI is InChI=1S/C13H15NO3S2/c1-19(16,17)14-12-5-4-10(6-7-15)9-11(12)13-3-2-8-18-13/h2-5,8-9,14-15H,6-7H2,1H3. The molecule has 102 valence electrons. The van der Waals surface area contributed by atoms with Gasteiger partial charge in [-0.15, -0.1) is 11.3 Å². The molecule has 0 radical (unpaired) electrons. The lowest BCUT2D eigenvalue weighted by molar-refractivity contribution is 0.299. The fourth-order valence-electron chi connectivity index (χ4n) is 1.80. The molecule has 0 aliphatic heterocycles. The lowest BCUT2D eigenvalue weighted by atomic mass is 10.1. The summed E-state index contributed by atoms with van der Waals surface area (Å²) in [6.07, 6.45) is 1.68. The van der Waals surface area contributed by atoms with E-state index in [9.17, 15) is 8.42 Å². The van der Waals surface area contributed by atoms with Crippen molar-refractivity contribution in [2.24, 2.45) is 0 Å². The monoisotopic (exact) mass is 297 g/mol. The largest absolute Gasteiger partial charge is 0.396 e. The summed E-state index contributed by atoms with van der Waals surface area (Å²) in [7, 11) is -3.31. The van der Waals surface area contributed by atoms with Gasteiger partial charge in [-0.05, 0) is 35.6 Å². The van der Waals surface area contributed by atoms with Crippen molar-refractivity contribution in [1.82, 2.24) is 0 Å². The van der Waals surface area contributed by atoms with E-state index in [-0.39, 0.29) is 6.61 Å². The molecule has 2 aromatic rings. The summed E-state index contributed by atoms with van der Waals surface area (Å²) in [5, 5.41) is 10.9. The summed E-state index contributed by atoms with van der Waals surface area (Å²) in [6.45, 7) is 0.0722. The minimum Gasteiger partial charge on any atom is -0.396 e. The van der Waals surface area contributed by atoms with E-state index in [1.54, 1.807) is 17.4 Å². The number of anilines is 1. The fourth-order valence-corrected chi connectivity index (χ4v) is 3.13. The average molecular weight is 297 g/mol. The number of hydrogen-bond donors (Lipinski definition) is 2. The Kier molecular flexibility index (Phi) is 4.24. The molecule has 19 heavy (non-hydrogen) atoms. The van der Waals surface area contributed by atoms with E-state index in [0.29, 0.717) is 12.1 Å². The van der Waals surface area contributed by atoms with Crippen LogP contribution in [0.4, 0.5) is 5.69 Å². The quantitative estimate of drug-likeness (QED) is 0.890. The Labute approximate surface area is 116 Å². The van der Waals surface area contributed by atoms with E-state index < -0.39 is 10.0 Å². The molecule has 0 atom stereocenters. The van der Waals surface area contributed by atoms with E-state index >= 15 is 0 Å². The lowest BCUT2D eigenvalue weighted by Crippen LogP contribution is -2.10. The first-order chi connectivity index (χ1) is 8.99. The highest BCUT2D eigenvalue weighted by atomic mass is 32.2. The molecule has 4 nitrogen and oxygen atoms in total. The first-order valence-corrected chi connectivity index (χ1v) is 8.52. The molecule has 1 aromatic heterocycles. The number of aliphatic hydroxyl groups excluding tert-OH is 1. The van der Waals surface area contributed by atoms with Gasteiger partial charge in [0.05, 0.1) is 11.9 Å². The van der Waals surface area contributed by atoms with Gasteiger partial charge in [0.2, 0.25) is 10.0 Å². The van der Waals surface area contributed by atoms with Crippen LogP contribution in [-0.4, -0.2) is 26.4 Å². The number of hydrogen-bond acceptors (Lipinski definition) is 4. The molecule has 2 N–H and O–H groups in total. The van der Waals surface area contributed by atoms with Crippen LogP contribution in [0.2, 0.25) is 0 Å². The van der Waals surface area contributed by atoms with E-state index in [4.69, 9.17) is 5.11 Å². The summed E-state index contributed by atoms with van der Waals surface area (Å²) >= 11 is 1.55. The summed E-state index contributed by atoms with van der Waals surface area (Å²) in [4.78, 5) is 0.992. The van der Waals surface area contributed by atoms with Crippen LogP contribution in [0.3, 0.4) is 0 Å². The highest BCUT2D eigenvalue weighted by molar-refractivity contribution is 7.92. The van der Waals surface area contributed by atoms with Gasteiger partial charge in [0.15, 0.2) is 0 Å². The number of aliphatic hydroxyl groups is 1. The predicted molar refractivity (Wildman–Crippen MR) is 79.0 cm³/mol. The zero-order chi connectivity index (χ0) is 13.9. The third-order valence-corrected chi connectivity index (χ3v) is 4.06. The van der Waals surface area contributed by atoms with Crippen LogP contribution in [0.15, 0.2) is 35.7 Å². The maximum atomic E-state index is 11.4. The number of rotatable bonds is 5. The van der Waals surface area contributed by atoms with E-state index in [1.807, 2.05) is 29.6 Å². The van der Waals surface area contributed by atoms with Crippen LogP contribution in [0.5, 0.6) is 0 Å². The maximum absolute atomic E-state index is 11.4. The van der Waals surface area contributed by atoms with Gasteiger partial charge >= 0.3 is 0 Å². The zero-order valence-electron chi connectivity index (χ0n) is 10.5. The number of sulfonamides is 1. The highest BCUT2D eigenvalue weighted by Crippen LogP contribution is 2.33. The molecule has 0 unspecified atom stereocenters. The SMILES string of the molecule is CS(=O)(=O)Nc1ccc(CCO)cc1-c1cccs1. The van der Waals surface area contributed by atoms with Gasteiger partial charge in [0.1, 0.15) is 0 Å². The van der Waals surface area contributed by atoms with Crippen molar-refractivity contribution in [3.8, 4) is 10.4 Å². The number of benzene rings is 1. The molecule has 1 aromatic carbocycles. The van der Waals surface area contributed by atoms with Gasteiger partial charge in [-0.25, -0.2) is 8.42 Å². The second-order valence-electron chi connectivity index (χ2n) is 4.21. The van der Waals surface area contributed by atoms with Gasteiger partial charge in [0.25, 0.3) is 0 Å². The number of thiophene rings is 1. The molecule has 0 spiro atoms. The Hall–Kier alpha value is -1.37. The van der Waals surface area contributed by atoms with E-state index in [2.05, 4.69) is 4.72 Å². The Morgan fingerprint density at radius 1 is 1.32 bits per heavy atom. The van der Waals surface area contributed by atoms with Gasteiger partial charge in [-0.1, -0.05) is 12.1 Å². The second-order valence-corrected chi connectivity index (χ2v) is 6.90. The Bertz CT molecular complexity index is 649. The normalized spacial score (nSPS) is 11.5. The maximum Gasteiger partial charge on any atom is 0.229 e. The summed E-state index contributed by atoms with van der Waals surface area (Å²) in [5.74, 6) is 0. The average Bonchev–Trinajstić information content (AvgIpc) is 2.83. The summed E-state index contributed by atoms with van der Waals surface area (Å²) in [5.41, 5.74) is 2.38. The molecule has 0 saturated heterocycles. The van der Waals surface area contributed by atoms with Crippen LogP contribution in [0, 0.1) is 0 Å². The second kappa shape index (κ2) is 5.73. The highest BCUT2D eigenvalue weighted by Gasteiger charge is 2.11. The Balaban J connectivity index is 2.48.